The van der Waals surface area contributed by atoms with E-state index in [1.165, 1.54) is 5.39 Å². The van der Waals surface area contributed by atoms with Gasteiger partial charge in [0.1, 0.15) is 22.3 Å². The van der Waals surface area contributed by atoms with Crippen molar-refractivity contribution in [1.29, 1.82) is 0 Å². The van der Waals surface area contributed by atoms with Crippen LogP contribution in [0.3, 0.4) is 0 Å². The van der Waals surface area contributed by atoms with E-state index in [-0.39, 0.29) is 0 Å². The van der Waals surface area contributed by atoms with E-state index in [1.807, 2.05) is 66.7 Å². The van der Waals surface area contributed by atoms with Gasteiger partial charge >= 0.3 is 0 Å². The fraction of sp³-hybridized carbons (Fsp3) is 0. The first-order valence-corrected chi connectivity index (χ1v) is 19.4. The first kappa shape index (κ1) is 32.4. The molecule has 0 bridgehead atoms. The molecule has 5 heteroatoms. The molecule has 0 aliphatic rings. The summed E-state index contributed by atoms with van der Waals surface area (Å²) in [6, 6.07) is 65.1. The summed E-state index contributed by atoms with van der Waals surface area (Å²) in [5.41, 5.74) is 10.5. The molecule has 0 aliphatic carbocycles. The van der Waals surface area contributed by atoms with Crippen molar-refractivity contribution in [2.24, 2.45) is 0 Å². The third-order valence-corrected chi connectivity index (χ3v) is 11.3. The SMILES string of the molecule is c1ccc(-c2nc(-c3ccc(-c4ccc(-c5ccccc5)c5oc6cc7ccccc7cc6c45)c4ccccc34)nc(-c3cccc4oc5ccccc5c34)n2)cc1. The predicted octanol–water partition coefficient (Wildman–Crippen LogP) is 14.3. The maximum Gasteiger partial charge on any atom is 0.164 e. The van der Waals surface area contributed by atoms with E-state index in [0.717, 1.165) is 99.0 Å². The molecule has 0 fully saturated rings. The molecule has 3 heterocycles. The van der Waals surface area contributed by atoms with Gasteiger partial charge in [-0.2, -0.15) is 0 Å². The second-order valence-corrected chi connectivity index (χ2v) is 14.7. The summed E-state index contributed by atoms with van der Waals surface area (Å²) >= 11 is 0. The fourth-order valence-electron chi connectivity index (χ4n) is 8.66. The number of fused-ring (bicyclic) bond motifs is 8. The molecule has 12 aromatic rings. The number of rotatable bonds is 5. The summed E-state index contributed by atoms with van der Waals surface area (Å²) in [4.78, 5) is 15.6. The van der Waals surface area contributed by atoms with Crippen LogP contribution >= 0.6 is 0 Å². The number of hydrogen-bond donors (Lipinski definition) is 0. The van der Waals surface area contributed by atoms with Crippen molar-refractivity contribution in [3.8, 4) is 56.4 Å². The zero-order valence-electron chi connectivity index (χ0n) is 31.1. The summed E-state index contributed by atoms with van der Waals surface area (Å²) in [6.07, 6.45) is 0. The van der Waals surface area contributed by atoms with Crippen LogP contribution in [0.4, 0.5) is 0 Å². The summed E-state index contributed by atoms with van der Waals surface area (Å²) < 4.78 is 13.1. The van der Waals surface area contributed by atoms with Crippen LogP contribution in [0.1, 0.15) is 0 Å². The molecule has 58 heavy (non-hydrogen) atoms. The van der Waals surface area contributed by atoms with E-state index >= 15 is 0 Å². The summed E-state index contributed by atoms with van der Waals surface area (Å²) in [7, 11) is 0. The van der Waals surface area contributed by atoms with Gasteiger partial charge in [-0.25, -0.2) is 15.0 Å². The lowest BCUT2D eigenvalue weighted by Gasteiger charge is -2.14. The van der Waals surface area contributed by atoms with E-state index in [1.54, 1.807) is 0 Å². The van der Waals surface area contributed by atoms with E-state index < -0.39 is 0 Å². The third kappa shape index (κ3) is 5.07. The minimum Gasteiger partial charge on any atom is -0.456 e. The maximum absolute atomic E-state index is 6.84. The molecular formula is C53H31N3O2. The van der Waals surface area contributed by atoms with Crippen LogP contribution in [0.2, 0.25) is 0 Å². The molecule has 0 amide bonds. The second-order valence-electron chi connectivity index (χ2n) is 14.7. The van der Waals surface area contributed by atoms with Crippen LogP contribution in [0.25, 0.3) is 122 Å². The molecule has 0 radical (unpaired) electrons. The van der Waals surface area contributed by atoms with Gasteiger partial charge in [-0.05, 0) is 74.6 Å². The average Bonchev–Trinajstić information content (AvgIpc) is 3.86. The predicted molar refractivity (Wildman–Crippen MR) is 237 cm³/mol. The van der Waals surface area contributed by atoms with Crippen molar-refractivity contribution in [3.63, 3.8) is 0 Å². The number of benzene rings is 9. The largest absolute Gasteiger partial charge is 0.456 e. The monoisotopic (exact) mass is 741 g/mol. The van der Waals surface area contributed by atoms with E-state index in [2.05, 4.69) is 121 Å². The summed E-state index contributed by atoms with van der Waals surface area (Å²) in [5.74, 6) is 1.79. The minimum absolute atomic E-state index is 0.587. The molecule has 3 aromatic heterocycles. The molecule has 0 spiro atoms. The Hall–Kier alpha value is -7.89. The Balaban J connectivity index is 1.11. The van der Waals surface area contributed by atoms with Crippen LogP contribution in [-0.2, 0) is 0 Å². The van der Waals surface area contributed by atoms with Crippen molar-refractivity contribution in [3.05, 3.63) is 188 Å². The molecule has 0 aliphatic heterocycles. The van der Waals surface area contributed by atoms with Crippen LogP contribution in [0.15, 0.2) is 197 Å². The van der Waals surface area contributed by atoms with Gasteiger partial charge in [-0.1, -0.05) is 152 Å². The molecule has 12 rings (SSSR count). The van der Waals surface area contributed by atoms with Crippen LogP contribution < -0.4 is 0 Å². The molecule has 0 N–H and O–H groups in total. The highest BCUT2D eigenvalue weighted by Gasteiger charge is 2.22. The lowest BCUT2D eigenvalue weighted by Crippen LogP contribution is -2.01. The van der Waals surface area contributed by atoms with Gasteiger partial charge in [0.15, 0.2) is 17.5 Å². The second kappa shape index (κ2) is 12.8. The lowest BCUT2D eigenvalue weighted by molar-refractivity contribution is 0.669. The van der Waals surface area contributed by atoms with Crippen LogP contribution in [0, 0.1) is 0 Å². The van der Waals surface area contributed by atoms with Gasteiger partial charge in [0.25, 0.3) is 0 Å². The zero-order valence-corrected chi connectivity index (χ0v) is 31.1. The Morgan fingerprint density at radius 1 is 0.293 bits per heavy atom. The Labute approximate surface area is 332 Å². The highest BCUT2D eigenvalue weighted by Crippen LogP contribution is 2.46. The molecule has 9 aromatic carbocycles. The third-order valence-electron chi connectivity index (χ3n) is 11.3. The molecule has 5 nitrogen and oxygen atoms in total. The average molecular weight is 742 g/mol. The first-order valence-electron chi connectivity index (χ1n) is 19.4. The number of aromatic nitrogens is 3. The van der Waals surface area contributed by atoms with Gasteiger partial charge in [0, 0.05) is 43.8 Å². The number of para-hydroxylation sites is 1. The van der Waals surface area contributed by atoms with Crippen LogP contribution in [0.5, 0.6) is 0 Å². The van der Waals surface area contributed by atoms with Crippen molar-refractivity contribution >= 4 is 65.4 Å². The Bertz CT molecular complexity index is 3570. The minimum atomic E-state index is 0.587. The zero-order chi connectivity index (χ0) is 38.2. The topological polar surface area (TPSA) is 65.0 Å². The normalized spacial score (nSPS) is 11.8. The van der Waals surface area contributed by atoms with E-state index in [4.69, 9.17) is 23.8 Å². The summed E-state index contributed by atoms with van der Waals surface area (Å²) in [6.45, 7) is 0. The van der Waals surface area contributed by atoms with Crippen molar-refractivity contribution in [1.82, 2.24) is 15.0 Å². The van der Waals surface area contributed by atoms with Gasteiger partial charge < -0.3 is 8.83 Å². The maximum atomic E-state index is 6.84. The highest BCUT2D eigenvalue weighted by molar-refractivity contribution is 6.21. The molecule has 0 atom stereocenters. The van der Waals surface area contributed by atoms with Gasteiger partial charge in [0.05, 0.1) is 0 Å². The Morgan fingerprint density at radius 2 is 0.862 bits per heavy atom. The van der Waals surface area contributed by atoms with Gasteiger partial charge in [0.2, 0.25) is 0 Å². The van der Waals surface area contributed by atoms with Crippen molar-refractivity contribution in [2.75, 3.05) is 0 Å². The van der Waals surface area contributed by atoms with Gasteiger partial charge in [-0.15, -0.1) is 0 Å². The van der Waals surface area contributed by atoms with Crippen LogP contribution in [-0.4, -0.2) is 15.0 Å². The first-order chi connectivity index (χ1) is 28.7. The highest BCUT2D eigenvalue weighted by atomic mass is 16.3. The molecule has 0 unspecified atom stereocenters. The molecule has 0 saturated heterocycles. The van der Waals surface area contributed by atoms with Crippen molar-refractivity contribution < 1.29 is 8.83 Å². The smallest absolute Gasteiger partial charge is 0.164 e. The molecular weight excluding hydrogens is 711 g/mol. The summed E-state index contributed by atoms with van der Waals surface area (Å²) in [5, 5.41) is 8.65. The Kier molecular flexibility index (Phi) is 7.16. The van der Waals surface area contributed by atoms with Gasteiger partial charge in [-0.3, -0.25) is 0 Å². The lowest BCUT2D eigenvalue weighted by atomic mass is 9.90. The van der Waals surface area contributed by atoms with Crippen molar-refractivity contribution in [2.45, 2.75) is 0 Å². The quantitative estimate of drug-likeness (QED) is 0.176. The fourth-order valence-corrected chi connectivity index (χ4v) is 8.66. The molecule has 270 valence electrons. The standard InChI is InChI=1S/C53H31N3O2/c1-3-14-32(15-4-1)36-26-28-40(49-44-30-34-18-7-8-19-35(34)31-47(44)58-50(36)49)39-27-29-41(38-21-10-9-20-37(38)39)52-54-51(33-16-5-2-6-17-33)55-53(56-52)43-23-13-25-46-48(43)42-22-11-12-24-45(42)57-46/h1-31H. The van der Waals surface area contributed by atoms with E-state index in [9.17, 15) is 0 Å². The molecule has 0 saturated carbocycles. The number of nitrogens with zero attached hydrogens (tertiary/aromatic N) is 3. The Morgan fingerprint density at radius 3 is 1.66 bits per heavy atom. The van der Waals surface area contributed by atoms with E-state index in [0.29, 0.717) is 17.5 Å². The number of furan rings is 2. The number of hydrogen-bond acceptors (Lipinski definition) is 5.